The smallest absolute Gasteiger partial charge is 0.416 e. The summed E-state index contributed by atoms with van der Waals surface area (Å²) in [6.45, 7) is 0.439. The molecular weight excluding hydrogens is 523 g/mol. The van der Waals surface area contributed by atoms with Gasteiger partial charge in [-0.2, -0.15) is 13.2 Å². The van der Waals surface area contributed by atoms with Gasteiger partial charge in [0.25, 0.3) is 0 Å². The Morgan fingerprint density at radius 3 is 1.95 bits per heavy atom. The lowest BCUT2D eigenvalue weighted by Crippen LogP contribution is -2.28. The number of rotatable bonds is 8. The molecule has 0 bridgehead atoms. The van der Waals surface area contributed by atoms with Crippen LogP contribution in [0.2, 0.25) is 0 Å². The van der Waals surface area contributed by atoms with Gasteiger partial charge in [0, 0.05) is 6.54 Å². The Labute approximate surface area is 230 Å². The fourth-order valence-corrected chi connectivity index (χ4v) is 4.55. The number of nitrogens with zero attached hydrogens (tertiary/aromatic N) is 1. The minimum atomic E-state index is -4.42. The van der Waals surface area contributed by atoms with Crippen LogP contribution in [0, 0.1) is 11.8 Å². The minimum Gasteiger partial charge on any atom is -0.457 e. The predicted molar refractivity (Wildman–Crippen MR) is 144 cm³/mol. The third-order valence-electron chi connectivity index (χ3n) is 6.89. The molecular formula is C30H30F3N3O4. The summed E-state index contributed by atoms with van der Waals surface area (Å²) >= 11 is 0. The third-order valence-corrected chi connectivity index (χ3v) is 6.89. The Kier molecular flexibility index (Phi) is 9.08. The van der Waals surface area contributed by atoms with Crippen molar-refractivity contribution < 1.29 is 32.2 Å². The Morgan fingerprint density at radius 1 is 0.825 bits per heavy atom. The quantitative estimate of drug-likeness (QED) is 0.160. The van der Waals surface area contributed by atoms with E-state index in [-0.39, 0.29) is 24.5 Å². The summed E-state index contributed by atoms with van der Waals surface area (Å²) in [6, 6.07) is 18.3. The topological polar surface area (TPSA) is 117 Å². The standard InChI is InChI=1S/C30H30F3N3O4/c31-30(32,33)25-13-3-20(4-14-25)18-39-27(37)23-9-7-21(8-10-23)22-11-15-26(16-12-22)40-28(38)24-5-1-19(2-6-24)17-36-29(34)35/h3-4,7-16,19,24H,1-2,5-6,17-18H2,(H4,34,35,36). The van der Waals surface area contributed by atoms with Crippen LogP contribution in [0.1, 0.15) is 47.2 Å². The first-order valence-electron chi connectivity index (χ1n) is 12.9. The lowest BCUT2D eigenvalue weighted by atomic mass is 9.82. The fraction of sp³-hybridized carbons (Fsp3) is 0.300. The van der Waals surface area contributed by atoms with Gasteiger partial charge in [-0.15, -0.1) is 0 Å². The lowest BCUT2D eigenvalue weighted by molar-refractivity contribution is -0.140. The minimum absolute atomic E-state index is 0.0817. The second-order valence-corrected chi connectivity index (χ2v) is 9.78. The number of alkyl halides is 3. The molecule has 0 spiro atoms. The van der Waals surface area contributed by atoms with Crippen LogP contribution in [0.25, 0.3) is 11.1 Å². The molecule has 0 radical (unpaired) electrons. The van der Waals surface area contributed by atoms with E-state index in [2.05, 4.69) is 4.99 Å². The Bertz CT molecular complexity index is 1330. The number of halogens is 3. The van der Waals surface area contributed by atoms with Crippen LogP contribution in [0.3, 0.4) is 0 Å². The maximum Gasteiger partial charge on any atom is 0.416 e. The molecule has 3 aromatic carbocycles. The van der Waals surface area contributed by atoms with Crippen molar-refractivity contribution >= 4 is 17.9 Å². The van der Waals surface area contributed by atoms with Gasteiger partial charge < -0.3 is 20.9 Å². The third kappa shape index (κ3) is 7.84. The van der Waals surface area contributed by atoms with Crippen molar-refractivity contribution in [3.8, 4) is 16.9 Å². The van der Waals surface area contributed by atoms with Crippen molar-refractivity contribution in [2.45, 2.75) is 38.5 Å². The van der Waals surface area contributed by atoms with Crippen LogP contribution in [0.15, 0.2) is 77.8 Å². The number of esters is 2. The zero-order valence-corrected chi connectivity index (χ0v) is 21.7. The van der Waals surface area contributed by atoms with Crippen molar-refractivity contribution in [1.82, 2.24) is 0 Å². The zero-order valence-electron chi connectivity index (χ0n) is 21.7. The molecule has 40 heavy (non-hydrogen) atoms. The van der Waals surface area contributed by atoms with Crippen molar-refractivity contribution in [2.75, 3.05) is 6.54 Å². The summed E-state index contributed by atoms with van der Waals surface area (Å²) in [4.78, 5) is 29.1. The molecule has 4 N–H and O–H groups in total. The molecule has 1 aliphatic rings. The molecule has 0 aliphatic heterocycles. The highest BCUT2D eigenvalue weighted by atomic mass is 19.4. The van der Waals surface area contributed by atoms with Crippen LogP contribution >= 0.6 is 0 Å². The van der Waals surface area contributed by atoms with Crippen molar-refractivity contribution in [1.29, 1.82) is 0 Å². The predicted octanol–water partition coefficient (Wildman–Crippen LogP) is 5.71. The van der Waals surface area contributed by atoms with Gasteiger partial charge in [-0.25, -0.2) is 4.79 Å². The lowest BCUT2D eigenvalue weighted by Gasteiger charge is -2.26. The molecule has 0 unspecified atom stereocenters. The number of benzene rings is 3. The normalized spacial score (nSPS) is 17.1. The molecule has 1 saturated carbocycles. The summed E-state index contributed by atoms with van der Waals surface area (Å²) < 4.78 is 48.9. The molecule has 1 fully saturated rings. The van der Waals surface area contributed by atoms with Crippen molar-refractivity contribution in [3.63, 3.8) is 0 Å². The number of guanidine groups is 1. The highest BCUT2D eigenvalue weighted by Gasteiger charge is 2.30. The number of hydrogen-bond donors (Lipinski definition) is 2. The van der Waals surface area contributed by atoms with Crippen molar-refractivity contribution in [2.24, 2.45) is 28.3 Å². The van der Waals surface area contributed by atoms with E-state index < -0.39 is 17.7 Å². The van der Waals surface area contributed by atoms with Crippen LogP contribution in [-0.2, 0) is 22.3 Å². The molecule has 10 heteroatoms. The van der Waals surface area contributed by atoms with E-state index in [0.717, 1.165) is 48.9 Å². The Balaban J connectivity index is 1.26. The maximum absolute atomic E-state index is 12.7. The average Bonchev–Trinajstić information content (AvgIpc) is 2.95. The van der Waals surface area contributed by atoms with Crippen LogP contribution in [-0.4, -0.2) is 24.4 Å². The average molecular weight is 554 g/mol. The Morgan fingerprint density at radius 2 is 1.40 bits per heavy atom. The highest BCUT2D eigenvalue weighted by molar-refractivity contribution is 5.90. The van der Waals surface area contributed by atoms with Gasteiger partial charge in [0.2, 0.25) is 0 Å². The molecule has 0 saturated heterocycles. The van der Waals surface area contributed by atoms with Crippen molar-refractivity contribution in [3.05, 3.63) is 89.5 Å². The van der Waals surface area contributed by atoms with E-state index in [1.165, 1.54) is 12.1 Å². The first-order chi connectivity index (χ1) is 19.1. The maximum atomic E-state index is 12.7. The van der Waals surface area contributed by atoms with Crippen LogP contribution < -0.4 is 16.2 Å². The molecule has 4 rings (SSSR count). The second kappa shape index (κ2) is 12.7. The van der Waals surface area contributed by atoms with Gasteiger partial charge >= 0.3 is 18.1 Å². The molecule has 3 aromatic rings. The summed E-state index contributed by atoms with van der Waals surface area (Å²) in [5.74, 6) is -0.0660. The number of carbonyl (C=O) groups excluding carboxylic acids is 2. The van der Waals surface area contributed by atoms with E-state index in [0.29, 0.717) is 29.3 Å². The number of ether oxygens (including phenoxy) is 2. The highest BCUT2D eigenvalue weighted by Crippen LogP contribution is 2.31. The first kappa shape index (κ1) is 28.7. The van der Waals surface area contributed by atoms with Gasteiger partial charge in [-0.1, -0.05) is 36.4 Å². The summed E-state index contributed by atoms with van der Waals surface area (Å²) in [5, 5.41) is 0. The number of nitrogens with two attached hydrogens (primary N) is 2. The molecule has 0 aromatic heterocycles. The van der Waals surface area contributed by atoms with E-state index in [1.807, 2.05) is 12.1 Å². The summed E-state index contributed by atoms with van der Waals surface area (Å²) in [5.41, 5.74) is 12.5. The van der Waals surface area contributed by atoms with Gasteiger partial charge in [0.15, 0.2) is 5.96 Å². The molecule has 0 amide bonds. The molecule has 1 aliphatic carbocycles. The largest absolute Gasteiger partial charge is 0.457 e. The van der Waals surface area contributed by atoms with E-state index in [1.54, 1.807) is 36.4 Å². The molecule has 7 nitrogen and oxygen atoms in total. The zero-order chi connectivity index (χ0) is 28.7. The van der Waals surface area contributed by atoms with Gasteiger partial charge in [-0.3, -0.25) is 9.79 Å². The Hall–Kier alpha value is -4.34. The monoisotopic (exact) mass is 553 g/mol. The molecule has 0 atom stereocenters. The van der Waals surface area contributed by atoms with Crippen LogP contribution in [0.4, 0.5) is 13.2 Å². The van der Waals surface area contributed by atoms with E-state index >= 15 is 0 Å². The first-order valence-corrected chi connectivity index (χ1v) is 12.9. The number of carbonyl (C=O) groups is 2. The summed E-state index contributed by atoms with van der Waals surface area (Å²) in [6.07, 6.45) is -1.21. The van der Waals surface area contributed by atoms with Gasteiger partial charge in [0.05, 0.1) is 17.0 Å². The fourth-order valence-electron chi connectivity index (χ4n) is 4.55. The molecule has 0 heterocycles. The van der Waals surface area contributed by atoms with Gasteiger partial charge in [-0.05, 0) is 84.7 Å². The van der Waals surface area contributed by atoms with E-state index in [4.69, 9.17) is 20.9 Å². The SMILES string of the molecule is NC(N)=NCC1CCC(C(=O)Oc2ccc(-c3ccc(C(=O)OCc4ccc(C(F)(F)F)cc4)cc3)cc2)CC1. The van der Waals surface area contributed by atoms with E-state index in [9.17, 15) is 22.8 Å². The second-order valence-electron chi connectivity index (χ2n) is 9.78. The molecule has 210 valence electrons. The van der Waals surface area contributed by atoms with Crippen LogP contribution in [0.5, 0.6) is 5.75 Å². The van der Waals surface area contributed by atoms with Gasteiger partial charge in [0.1, 0.15) is 12.4 Å². The summed E-state index contributed by atoms with van der Waals surface area (Å²) in [7, 11) is 0. The number of hydrogen-bond acceptors (Lipinski definition) is 5. The number of aliphatic imine (C=N–C) groups is 1.